The lowest BCUT2D eigenvalue weighted by atomic mass is 9.98. The predicted octanol–water partition coefficient (Wildman–Crippen LogP) is 3.67. The first-order chi connectivity index (χ1) is 15.4. The maximum absolute atomic E-state index is 13.1. The second-order valence-electron chi connectivity index (χ2n) is 8.26. The number of amides is 1. The number of anilines is 1. The Morgan fingerprint density at radius 2 is 2.06 bits per heavy atom. The number of carbonyl (C=O) groups is 2. The van der Waals surface area contributed by atoms with Crippen LogP contribution in [-0.4, -0.2) is 58.4 Å². The van der Waals surface area contributed by atoms with Crippen LogP contribution in [0.15, 0.2) is 24.3 Å². The maximum atomic E-state index is 13.1. The highest BCUT2D eigenvalue weighted by Crippen LogP contribution is 2.23. The number of hydrogen-bond acceptors (Lipinski definition) is 7. The summed E-state index contributed by atoms with van der Waals surface area (Å²) in [4.78, 5) is 33.4. The number of nitrogens with zero attached hydrogens (tertiary/aromatic N) is 4. The van der Waals surface area contributed by atoms with Crippen LogP contribution in [0, 0.1) is 11.7 Å². The average molecular weight is 463 g/mol. The second kappa shape index (κ2) is 11.4. The van der Waals surface area contributed by atoms with E-state index in [9.17, 15) is 14.0 Å². The highest BCUT2D eigenvalue weighted by molar-refractivity contribution is 7.09. The third kappa shape index (κ3) is 6.48. The van der Waals surface area contributed by atoms with Crippen LogP contribution in [0.3, 0.4) is 0 Å². The minimum absolute atomic E-state index is 0.0423. The van der Waals surface area contributed by atoms with Gasteiger partial charge in [0.2, 0.25) is 11.0 Å². The Bertz CT molecular complexity index is 903. The Morgan fingerprint density at radius 3 is 2.75 bits per heavy atom. The van der Waals surface area contributed by atoms with Gasteiger partial charge in [0, 0.05) is 50.1 Å². The minimum Gasteiger partial charge on any atom is -0.466 e. The molecule has 1 amide bonds. The summed E-state index contributed by atoms with van der Waals surface area (Å²) in [6, 6.07) is 6.49. The molecule has 1 unspecified atom stereocenters. The molecular formula is C23H31FN4O3S. The summed E-state index contributed by atoms with van der Waals surface area (Å²) in [5.41, 5.74) is 0.947. The number of esters is 1. The molecule has 0 bridgehead atoms. The Labute approximate surface area is 192 Å². The van der Waals surface area contributed by atoms with Gasteiger partial charge in [0.05, 0.1) is 12.5 Å². The normalized spacial score (nSPS) is 16.3. The van der Waals surface area contributed by atoms with Gasteiger partial charge in [-0.3, -0.25) is 9.59 Å². The van der Waals surface area contributed by atoms with E-state index in [4.69, 9.17) is 4.74 Å². The number of rotatable bonds is 9. The standard InChI is InChI=1S/C23H31FN4O3S/c1-4-31-22(30)18-6-5-12-27(15-18)21(29)11-13-28(16(2)3)23-25-20(26-32-23)14-17-7-9-19(24)10-8-17/h7-10,16,18H,4-6,11-15H2,1-3H3. The largest absolute Gasteiger partial charge is 0.466 e. The highest BCUT2D eigenvalue weighted by atomic mass is 32.1. The zero-order chi connectivity index (χ0) is 23.1. The zero-order valence-corrected chi connectivity index (χ0v) is 19.7. The molecule has 1 atom stereocenters. The molecule has 0 radical (unpaired) electrons. The molecule has 174 valence electrons. The van der Waals surface area contributed by atoms with Gasteiger partial charge in [0.25, 0.3) is 0 Å². The lowest BCUT2D eigenvalue weighted by Crippen LogP contribution is -2.44. The van der Waals surface area contributed by atoms with Gasteiger partial charge < -0.3 is 14.5 Å². The van der Waals surface area contributed by atoms with Crippen LogP contribution in [-0.2, 0) is 20.7 Å². The number of likely N-dealkylation sites (tertiary alicyclic amines) is 1. The summed E-state index contributed by atoms with van der Waals surface area (Å²) < 4.78 is 22.7. The van der Waals surface area contributed by atoms with Crippen molar-refractivity contribution in [1.29, 1.82) is 0 Å². The molecule has 1 aromatic carbocycles. The monoisotopic (exact) mass is 462 g/mol. The first-order valence-electron chi connectivity index (χ1n) is 11.2. The quantitative estimate of drug-likeness (QED) is 0.529. The molecule has 1 aromatic heterocycles. The summed E-state index contributed by atoms with van der Waals surface area (Å²) in [6.45, 7) is 7.91. The Kier molecular flexibility index (Phi) is 8.55. The Hall–Kier alpha value is -2.55. The fourth-order valence-corrected chi connectivity index (χ4v) is 4.67. The summed E-state index contributed by atoms with van der Waals surface area (Å²) in [5.74, 6) is 0.0172. The van der Waals surface area contributed by atoms with Gasteiger partial charge >= 0.3 is 5.97 Å². The number of hydrogen-bond donors (Lipinski definition) is 0. The van der Waals surface area contributed by atoms with Crippen molar-refractivity contribution in [2.75, 3.05) is 31.1 Å². The highest BCUT2D eigenvalue weighted by Gasteiger charge is 2.29. The molecule has 0 aliphatic carbocycles. The van der Waals surface area contributed by atoms with Gasteiger partial charge in [0.15, 0.2) is 0 Å². The van der Waals surface area contributed by atoms with Crippen LogP contribution in [0.5, 0.6) is 0 Å². The smallest absolute Gasteiger partial charge is 0.310 e. The van der Waals surface area contributed by atoms with Gasteiger partial charge in [0.1, 0.15) is 11.6 Å². The van der Waals surface area contributed by atoms with Crippen molar-refractivity contribution in [2.24, 2.45) is 5.92 Å². The Balaban J connectivity index is 1.57. The average Bonchev–Trinajstić information content (AvgIpc) is 3.23. The minimum atomic E-state index is -0.265. The molecule has 0 N–H and O–H groups in total. The molecule has 1 fully saturated rings. The summed E-state index contributed by atoms with van der Waals surface area (Å²) in [7, 11) is 0. The fraction of sp³-hybridized carbons (Fsp3) is 0.565. The van der Waals surface area contributed by atoms with Crippen LogP contribution in [0.25, 0.3) is 0 Å². The maximum Gasteiger partial charge on any atom is 0.310 e. The molecule has 7 nitrogen and oxygen atoms in total. The molecule has 0 spiro atoms. The molecule has 2 aromatic rings. The van der Waals surface area contributed by atoms with Crippen molar-refractivity contribution < 1.29 is 18.7 Å². The van der Waals surface area contributed by atoms with E-state index in [0.29, 0.717) is 44.9 Å². The van der Waals surface area contributed by atoms with Crippen molar-refractivity contribution in [2.45, 2.75) is 52.5 Å². The molecule has 1 aliphatic rings. The molecule has 1 aliphatic heterocycles. The van der Waals surface area contributed by atoms with Gasteiger partial charge in [-0.15, -0.1) is 0 Å². The first-order valence-corrected chi connectivity index (χ1v) is 11.9. The van der Waals surface area contributed by atoms with Crippen LogP contribution in [0.4, 0.5) is 9.52 Å². The van der Waals surface area contributed by atoms with Crippen LogP contribution >= 0.6 is 11.5 Å². The Morgan fingerprint density at radius 1 is 1.31 bits per heavy atom. The number of benzene rings is 1. The van der Waals surface area contributed by atoms with Gasteiger partial charge in [-0.2, -0.15) is 4.37 Å². The SMILES string of the molecule is CCOC(=O)C1CCCN(C(=O)CCN(c2nc(Cc3ccc(F)cc3)ns2)C(C)C)C1. The predicted molar refractivity (Wildman–Crippen MR) is 122 cm³/mol. The van der Waals surface area contributed by atoms with E-state index in [1.807, 2.05) is 0 Å². The first kappa shape index (κ1) is 24.1. The number of aromatic nitrogens is 2. The molecule has 3 rings (SSSR count). The summed E-state index contributed by atoms with van der Waals surface area (Å²) in [5, 5.41) is 0.771. The number of carbonyl (C=O) groups excluding carboxylic acids is 2. The van der Waals surface area contributed by atoms with E-state index in [0.717, 1.165) is 23.5 Å². The van der Waals surface area contributed by atoms with E-state index < -0.39 is 0 Å². The van der Waals surface area contributed by atoms with Crippen molar-refractivity contribution in [3.8, 4) is 0 Å². The molecule has 2 heterocycles. The second-order valence-corrected chi connectivity index (χ2v) is 8.99. The van der Waals surface area contributed by atoms with Crippen molar-refractivity contribution >= 4 is 28.5 Å². The lowest BCUT2D eigenvalue weighted by Gasteiger charge is -2.32. The van der Waals surface area contributed by atoms with E-state index >= 15 is 0 Å². The van der Waals surface area contributed by atoms with Crippen molar-refractivity contribution in [1.82, 2.24) is 14.3 Å². The molecule has 1 saturated heterocycles. The molecule has 0 saturated carbocycles. The van der Waals surface area contributed by atoms with E-state index in [2.05, 4.69) is 28.1 Å². The molecule has 9 heteroatoms. The fourth-order valence-electron chi connectivity index (χ4n) is 3.82. The van der Waals surface area contributed by atoms with Gasteiger partial charge in [-0.25, -0.2) is 9.37 Å². The van der Waals surface area contributed by atoms with Crippen molar-refractivity contribution in [3.05, 3.63) is 41.5 Å². The number of piperidine rings is 1. The van der Waals surface area contributed by atoms with Crippen LogP contribution in [0.2, 0.25) is 0 Å². The topological polar surface area (TPSA) is 75.6 Å². The summed E-state index contributed by atoms with van der Waals surface area (Å²) >= 11 is 1.31. The van der Waals surface area contributed by atoms with Crippen LogP contribution in [0.1, 0.15) is 51.4 Å². The number of halogens is 1. The summed E-state index contributed by atoms with van der Waals surface area (Å²) in [6.07, 6.45) is 2.46. The van der Waals surface area contributed by atoms with Gasteiger partial charge in [-0.1, -0.05) is 12.1 Å². The van der Waals surface area contributed by atoms with E-state index in [1.165, 1.54) is 23.7 Å². The van der Waals surface area contributed by atoms with Gasteiger partial charge in [-0.05, 0) is 51.3 Å². The third-order valence-electron chi connectivity index (χ3n) is 5.56. The zero-order valence-electron chi connectivity index (χ0n) is 18.9. The number of ether oxygens (including phenoxy) is 1. The molecule has 32 heavy (non-hydrogen) atoms. The molecular weight excluding hydrogens is 431 g/mol. The van der Waals surface area contributed by atoms with Crippen LogP contribution < -0.4 is 4.90 Å². The van der Waals surface area contributed by atoms with E-state index in [1.54, 1.807) is 24.0 Å². The third-order valence-corrected chi connectivity index (χ3v) is 6.35. The lowest BCUT2D eigenvalue weighted by molar-refractivity contribution is -0.151. The van der Waals surface area contributed by atoms with E-state index in [-0.39, 0.29) is 29.7 Å². The van der Waals surface area contributed by atoms with Crippen molar-refractivity contribution in [3.63, 3.8) is 0 Å².